The Bertz CT molecular complexity index is 736. The van der Waals surface area contributed by atoms with Gasteiger partial charge in [0, 0.05) is 23.7 Å². The number of hydrogen-bond acceptors (Lipinski definition) is 3. The molecular weight excluding hydrogens is 343 g/mol. The van der Waals surface area contributed by atoms with Crippen LogP contribution in [0.3, 0.4) is 0 Å². The van der Waals surface area contributed by atoms with Gasteiger partial charge >= 0.3 is 5.97 Å². The zero-order valence-corrected chi connectivity index (χ0v) is 16.9. The molecule has 4 unspecified atom stereocenters. The average Bonchev–Trinajstić information content (AvgIpc) is 3.00. The molecule has 0 spiro atoms. The summed E-state index contributed by atoms with van der Waals surface area (Å²) < 4.78 is 24.9. The molecule has 148 valence electrons. The lowest BCUT2D eigenvalue weighted by atomic mass is 9.51. The molecule has 4 rings (SSSR count). The molecule has 0 aromatic rings. The third kappa shape index (κ3) is 2.70. The molecule has 1 heterocycles. The second-order valence-corrected chi connectivity index (χ2v) is 9.16. The van der Waals surface area contributed by atoms with Crippen LogP contribution in [0.25, 0.3) is 0 Å². The largest absolute Gasteiger partial charge is 0.501 e. The highest BCUT2D eigenvalue weighted by Crippen LogP contribution is 2.60. The van der Waals surface area contributed by atoms with Gasteiger partial charge in [0.2, 0.25) is 6.17 Å². The van der Waals surface area contributed by atoms with Crippen LogP contribution in [0.2, 0.25) is 0 Å². The van der Waals surface area contributed by atoms with Gasteiger partial charge in [-0.25, -0.2) is 9.18 Å². The number of cyclic esters (lactones) is 1. The van der Waals surface area contributed by atoms with E-state index < -0.39 is 12.1 Å². The van der Waals surface area contributed by atoms with Gasteiger partial charge < -0.3 is 9.47 Å². The molecule has 1 fully saturated rings. The number of alkyl halides is 1. The lowest BCUT2D eigenvalue weighted by Crippen LogP contribution is -2.48. The summed E-state index contributed by atoms with van der Waals surface area (Å²) in [5.74, 6) is 1.23. The van der Waals surface area contributed by atoms with Crippen molar-refractivity contribution in [2.75, 3.05) is 7.11 Å². The number of hydrogen-bond donors (Lipinski definition) is 0. The predicted octanol–water partition coefficient (Wildman–Crippen LogP) is 5.28. The van der Waals surface area contributed by atoms with E-state index in [0.29, 0.717) is 11.8 Å². The molecule has 3 aliphatic carbocycles. The lowest BCUT2D eigenvalue weighted by molar-refractivity contribution is -0.151. The van der Waals surface area contributed by atoms with E-state index in [9.17, 15) is 9.18 Å². The van der Waals surface area contributed by atoms with E-state index in [1.54, 1.807) is 7.11 Å². The number of fused-ring (bicyclic) bond motifs is 3. The first kappa shape index (κ1) is 18.8. The Labute approximate surface area is 161 Å². The van der Waals surface area contributed by atoms with Crippen LogP contribution in [0.1, 0.15) is 59.3 Å². The zero-order chi connectivity index (χ0) is 19.4. The van der Waals surface area contributed by atoms with Crippen molar-refractivity contribution in [3.63, 3.8) is 0 Å². The van der Waals surface area contributed by atoms with Gasteiger partial charge in [0.1, 0.15) is 6.10 Å². The molecule has 27 heavy (non-hydrogen) atoms. The van der Waals surface area contributed by atoms with Crippen molar-refractivity contribution in [1.82, 2.24) is 0 Å². The SMILES string of the molecule is CCC1C2CC=C3C=C(OC)CC[C@]3(C)C2=CC[C@]1(C)C1CC(F)C(=O)O1. The second-order valence-electron chi connectivity index (χ2n) is 9.16. The Hall–Kier alpha value is -1.58. The van der Waals surface area contributed by atoms with Gasteiger partial charge in [-0.2, -0.15) is 0 Å². The molecule has 3 nitrogen and oxygen atoms in total. The molecule has 4 aliphatic rings. The molecular formula is C23H31FO3. The Morgan fingerprint density at radius 3 is 2.74 bits per heavy atom. The zero-order valence-electron chi connectivity index (χ0n) is 16.9. The average molecular weight is 374 g/mol. The van der Waals surface area contributed by atoms with Crippen molar-refractivity contribution in [1.29, 1.82) is 0 Å². The summed E-state index contributed by atoms with van der Waals surface area (Å²) in [5, 5.41) is 0. The Morgan fingerprint density at radius 1 is 1.33 bits per heavy atom. The first-order valence-electron chi connectivity index (χ1n) is 10.3. The predicted molar refractivity (Wildman–Crippen MR) is 103 cm³/mol. The topological polar surface area (TPSA) is 35.5 Å². The molecule has 6 atom stereocenters. The number of carbonyl (C=O) groups excluding carboxylic acids is 1. The molecule has 0 aromatic heterocycles. The van der Waals surface area contributed by atoms with Crippen LogP contribution in [0.4, 0.5) is 4.39 Å². The molecule has 0 aromatic carbocycles. The minimum absolute atomic E-state index is 0.0642. The summed E-state index contributed by atoms with van der Waals surface area (Å²) in [4.78, 5) is 11.7. The number of methoxy groups -OCH3 is 1. The molecule has 4 heteroatoms. The fourth-order valence-electron chi connectivity index (χ4n) is 6.24. The number of halogens is 1. The van der Waals surface area contributed by atoms with E-state index in [1.165, 1.54) is 11.1 Å². The highest BCUT2D eigenvalue weighted by atomic mass is 19.1. The summed E-state index contributed by atoms with van der Waals surface area (Å²) in [6, 6.07) is 0. The molecule has 0 saturated carbocycles. The summed E-state index contributed by atoms with van der Waals surface area (Å²) in [7, 11) is 1.75. The quantitative estimate of drug-likeness (QED) is 0.498. The van der Waals surface area contributed by atoms with Gasteiger partial charge in [-0.1, -0.05) is 44.9 Å². The first-order chi connectivity index (χ1) is 12.8. The van der Waals surface area contributed by atoms with Gasteiger partial charge in [0.15, 0.2) is 0 Å². The van der Waals surface area contributed by atoms with Crippen molar-refractivity contribution in [3.05, 3.63) is 35.1 Å². The van der Waals surface area contributed by atoms with E-state index in [0.717, 1.165) is 37.9 Å². The van der Waals surface area contributed by atoms with Gasteiger partial charge in [-0.3, -0.25) is 0 Å². The van der Waals surface area contributed by atoms with Gasteiger partial charge in [-0.05, 0) is 42.7 Å². The van der Waals surface area contributed by atoms with Crippen molar-refractivity contribution in [2.24, 2.45) is 22.7 Å². The smallest absolute Gasteiger partial charge is 0.341 e. The van der Waals surface area contributed by atoms with Gasteiger partial charge in [-0.15, -0.1) is 0 Å². The number of esters is 1. The third-order valence-corrected chi connectivity index (χ3v) is 7.92. The number of allylic oxidation sites excluding steroid dienone is 6. The number of rotatable bonds is 3. The molecule has 0 N–H and O–H groups in total. The van der Waals surface area contributed by atoms with Crippen molar-refractivity contribution < 1.29 is 18.7 Å². The maximum atomic E-state index is 13.9. The second kappa shape index (κ2) is 6.49. The van der Waals surface area contributed by atoms with E-state index in [2.05, 4.69) is 39.0 Å². The minimum Gasteiger partial charge on any atom is -0.501 e. The van der Waals surface area contributed by atoms with Gasteiger partial charge in [0.05, 0.1) is 12.9 Å². The van der Waals surface area contributed by atoms with Crippen molar-refractivity contribution in [3.8, 4) is 0 Å². The van der Waals surface area contributed by atoms with Crippen LogP contribution in [0.5, 0.6) is 0 Å². The normalized spacial score (nSPS) is 43.7. The summed E-state index contributed by atoms with van der Waals surface area (Å²) in [6.45, 7) is 6.79. The molecule has 0 radical (unpaired) electrons. The highest BCUT2D eigenvalue weighted by Gasteiger charge is 2.55. The number of ether oxygens (including phenoxy) is 2. The van der Waals surface area contributed by atoms with Crippen LogP contribution in [-0.4, -0.2) is 25.4 Å². The third-order valence-electron chi connectivity index (χ3n) is 7.92. The van der Waals surface area contributed by atoms with Crippen LogP contribution < -0.4 is 0 Å². The summed E-state index contributed by atoms with van der Waals surface area (Å²) >= 11 is 0. The van der Waals surface area contributed by atoms with Gasteiger partial charge in [0.25, 0.3) is 0 Å². The van der Waals surface area contributed by atoms with Crippen molar-refractivity contribution >= 4 is 5.97 Å². The Kier molecular flexibility index (Phi) is 4.51. The number of carbonyl (C=O) groups is 1. The summed E-state index contributed by atoms with van der Waals surface area (Å²) in [6.07, 6.45) is 10.3. The van der Waals surface area contributed by atoms with Crippen molar-refractivity contribution in [2.45, 2.75) is 71.6 Å². The van der Waals surface area contributed by atoms with E-state index in [1.807, 2.05) is 0 Å². The van der Waals surface area contributed by atoms with E-state index in [4.69, 9.17) is 9.47 Å². The minimum atomic E-state index is -1.46. The molecule has 0 amide bonds. The highest BCUT2D eigenvalue weighted by molar-refractivity contribution is 5.76. The molecule has 1 saturated heterocycles. The monoisotopic (exact) mass is 374 g/mol. The molecule has 1 aliphatic heterocycles. The first-order valence-corrected chi connectivity index (χ1v) is 10.3. The lowest BCUT2D eigenvalue weighted by Gasteiger charge is -2.54. The van der Waals surface area contributed by atoms with E-state index in [-0.39, 0.29) is 23.4 Å². The fourth-order valence-corrected chi connectivity index (χ4v) is 6.24. The summed E-state index contributed by atoms with van der Waals surface area (Å²) in [5.41, 5.74) is 2.79. The Morgan fingerprint density at radius 2 is 2.11 bits per heavy atom. The fraction of sp³-hybridized carbons (Fsp3) is 0.696. The Balaban J connectivity index is 1.69. The maximum Gasteiger partial charge on any atom is 0.341 e. The van der Waals surface area contributed by atoms with Crippen LogP contribution in [-0.2, 0) is 14.3 Å². The standard InChI is InChI=1S/C23H31FO3/c1-5-17-16-7-6-14-12-15(26-4)8-10-22(14,2)18(16)9-11-23(17,3)20-13-19(24)21(25)27-20/h6,9,12,16-17,19-20H,5,7-8,10-11,13H2,1-4H3/t16?,17?,19?,20?,22-,23-/m0/s1. The molecule has 0 bridgehead atoms. The maximum absolute atomic E-state index is 13.9. The van der Waals surface area contributed by atoms with Crippen LogP contribution in [0.15, 0.2) is 35.1 Å². The van der Waals surface area contributed by atoms with Crippen LogP contribution in [0, 0.1) is 22.7 Å². The van der Waals surface area contributed by atoms with Crippen LogP contribution >= 0.6 is 0 Å². The van der Waals surface area contributed by atoms with E-state index >= 15 is 0 Å².